The van der Waals surface area contributed by atoms with Crippen molar-refractivity contribution in [3.05, 3.63) is 0 Å². The molecule has 3 fully saturated rings. The predicted molar refractivity (Wildman–Crippen MR) is 64.3 cm³/mol. The van der Waals surface area contributed by atoms with E-state index in [4.69, 9.17) is 10.5 Å². The molecule has 2 saturated heterocycles. The maximum Gasteiger partial charge on any atom is 0.0707 e. The Morgan fingerprint density at radius 2 is 1.69 bits per heavy atom. The number of fused-ring (bicyclic) bond motifs is 2. The van der Waals surface area contributed by atoms with E-state index < -0.39 is 0 Å². The summed E-state index contributed by atoms with van der Waals surface area (Å²) in [6, 6.07) is 0.634. The van der Waals surface area contributed by atoms with Crippen LogP contribution in [0.5, 0.6) is 0 Å². The fourth-order valence-corrected chi connectivity index (χ4v) is 3.90. The standard InChI is InChI=1S/C13H24N2O/c14-7-13(10-3-1-2-4-10)15-8-11-5-6-12(9-15)16-11/h10-13H,1-9,14H2. The maximum absolute atomic E-state index is 6.01. The van der Waals surface area contributed by atoms with Crippen LogP contribution in [0.15, 0.2) is 0 Å². The molecular weight excluding hydrogens is 200 g/mol. The van der Waals surface area contributed by atoms with Crippen LogP contribution >= 0.6 is 0 Å². The van der Waals surface area contributed by atoms with E-state index in [1.165, 1.54) is 38.5 Å². The number of morpholine rings is 1. The summed E-state index contributed by atoms with van der Waals surface area (Å²) < 4.78 is 5.90. The van der Waals surface area contributed by atoms with Gasteiger partial charge in [-0.2, -0.15) is 0 Å². The van der Waals surface area contributed by atoms with E-state index >= 15 is 0 Å². The van der Waals surface area contributed by atoms with Crippen molar-refractivity contribution in [3.8, 4) is 0 Å². The quantitative estimate of drug-likeness (QED) is 0.787. The molecule has 0 radical (unpaired) electrons. The van der Waals surface area contributed by atoms with Crippen molar-refractivity contribution in [1.82, 2.24) is 4.90 Å². The summed E-state index contributed by atoms with van der Waals surface area (Å²) in [6.07, 6.45) is 9.18. The van der Waals surface area contributed by atoms with Crippen molar-refractivity contribution in [2.45, 2.75) is 56.8 Å². The number of rotatable bonds is 3. The van der Waals surface area contributed by atoms with Gasteiger partial charge < -0.3 is 10.5 Å². The molecule has 1 saturated carbocycles. The lowest BCUT2D eigenvalue weighted by molar-refractivity contribution is -0.0591. The van der Waals surface area contributed by atoms with Gasteiger partial charge in [-0.05, 0) is 31.6 Å². The predicted octanol–water partition coefficient (Wildman–Crippen LogP) is 1.37. The van der Waals surface area contributed by atoms with Crippen LogP contribution in [0.4, 0.5) is 0 Å². The molecular formula is C13H24N2O. The van der Waals surface area contributed by atoms with E-state index in [2.05, 4.69) is 4.90 Å². The van der Waals surface area contributed by atoms with Gasteiger partial charge in [0, 0.05) is 25.7 Å². The Hall–Kier alpha value is -0.120. The topological polar surface area (TPSA) is 38.5 Å². The van der Waals surface area contributed by atoms with Gasteiger partial charge in [0.15, 0.2) is 0 Å². The largest absolute Gasteiger partial charge is 0.372 e. The van der Waals surface area contributed by atoms with Crippen LogP contribution in [0, 0.1) is 5.92 Å². The lowest BCUT2D eigenvalue weighted by Gasteiger charge is -2.40. The number of nitrogens with two attached hydrogens (primary N) is 1. The van der Waals surface area contributed by atoms with Crippen molar-refractivity contribution >= 4 is 0 Å². The summed E-state index contributed by atoms with van der Waals surface area (Å²) in [5.41, 5.74) is 6.01. The molecule has 2 N–H and O–H groups in total. The SMILES string of the molecule is NCC(C1CCCC1)N1CC2CCC(C1)O2. The molecule has 0 aromatic rings. The summed E-state index contributed by atoms with van der Waals surface area (Å²) in [7, 11) is 0. The van der Waals surface area contributed by atoms with Crippen LogP contribution in [0.3, 0.4) is 0 Å². The molecule has 92 valence electrons. The number of hydrogen-bond donors (Lipinski definition) is 1. The van der Waals surface area contributed by atoms with Gasteiger partial charge in [0.2, 0.25) is 0 Å². The monoisotopic (exact) mass is 224 g/mol. The number of hydrogen-bond acceptors (Lipinski definition) is 3. The van der Waals surface area contributed by atoms with Crippen LogP contribution in [-0.4, -0.2) is 42.8 Å². The third-order valence-electron chi connectivity index (χ3n) is 4.73. The van der Waals surface area contributed by atoms with E-state index in [0.29, 0.717) is 18.2 Å². The first-order valence-corrected chi connectivity index (χ1v) is 6.96. The minimum Gasteiger partial charge on any atom is -0.372 e. The van der Waals surface area contributed by atoms with Gasteiger partial charge in [-0.3, -0.25) is 4.90 Å². The second kappa shape index (κ2) is 4.63. The van der Waals surface area contributed by atoms with Crippen LogP contribution < -0.4 is 5.73 Å². The maximum atomic E-state index is 6.01. The van der Waals surface area contributed by atoms with E-state index in [0.717, 1.165) is 25.6 Å². The summed E-state index contributed by atoms with van der Waals surface area (Å²) in [6.45, 7) is 3.11. The smallest absolute Gasteiger partial charge is 0.0707 e. The third-order valence-corrected chi connectivity index (χ3v) is 4.73. The van der Waals surface area contributed by atoms with Crippen LogP contribution in [0.2, 0.25) is 0 Å². The van der Waals surface area contributed by atoms with Gasteiger partial charge >= 0.3 is 0 Å². The Morgan fingerprint density at radius 1 is 1.06 bits per heavy atom. The zero-order valence-electron chi connectivity index (χ0n) is 10.1. The highest BCUT2D eigenvalue weighted by molar-refractivity contribution is 4.91. The highest BCUT2D eigenvalue weighted by atomic mass is 16.5. The van der Waals surface area contributed by atoms with Crippen molar-refractivity contribution in [3.63, 3.8) is 0 Å². The van der Waals surface area contributed by atoms with Crippen molar-refractivity contribution in [2.75, 3.05) is 19.6 Å². The van der Waals surface area contributed by atoms with Crippen molar-refractivity contribution in [2.24, 2.45) is 11.7 Å². The average Bonchev–Trinajstić information content (AvgIpc) is 2.90. The summed E-state index contributed by atoms with van der Waals surface area (Å²) >= 11 is 0. The Labute approximate surface area is 98.3 Å². The van der Waals surface area contributed by atoms with E-state index in [1.54, 1.807) is 0 Å². The highest BCUT2D eigenvalue weighted by Gasteiger charge is 2.38. The van der Waals surface area contributed by atoms with Gasteiger partial charge in [0.05, 0.1) is 12.2 Å². The molecule has 3 heteroatoms. The number of likely N-dealkylation sites (tertiary alicyclic amines) is 1. The molecule has 16 heavy (non-hydrogen) atoms. The second-order valence-electron chi connectivity index (χ2n) is 5.76. The fourth-order valence-electron chi connectivity index (χ4n) is 3.90. The normalized spacial score (nSPS) is 38.1. The first kappa shape index (κ1) is 11.0. The van der Waals surface area contributed by atoms with Crippen LogP contribution in [0.1, 0.15) is 38.5 Å². The van der Waals surface area contributed by atoms with Gasteiger partial charge in [-0.15, -0.1) is 0 Å². The third kappa shape index (κ3) is 2.01. The minimum absolute atomic E-state index is 0.509. The van der Waals surface area contributed by atoms with Crippen molar-refractivity contribution < 1.29 is 4.74 Å². The second-order valence-corrected chi connectivity index (χ2v) is 5.76. The van der Waals surface area contributed by atoms with Crippen LogP contribution in [0.25, 0.3) is 0 Å². The van der Waals surface area contributed by atoms with E-state index in [-0.39, 0.29) is 0 Å². The molecule has 0 amide bonds. The first-order valence-electron chi connectivity index (χ1n) is 6.96. The first-order chi connectivity index (χ1) is 7.86. The Morgan fingerprint density at radius 3 is 2.25 bits per heavy atom. The highest BCUT2D eigenvalue weighted by Crippen LogP contribution is 2.34. The molecule has 2 aliphatic heterocycles. The van der Waals surface area contributed by atoms with E-state index in [1.807, 2.05) is 0 Å². The van der Waals surface area contributed by atoms with Gasteiger partial charge in [0.25, 0.3) is 0 Å². The minimum atomic E-state index is 0.509. The molecule has 3 unspecified atom stereocenters. The van der Waals surface area contributed by atoms with Crippen LogP contribution in [-0.2, 0) is 4.74 Å². The molecule has 3 rings (SSSR count). The fraction of sp³-hybridized carbons (Fsp3) is 1.00. The Balaban J connectivity index is 1.65. The Kier molecular flexibility index (Phi) is 3.18. The zero-order chi connectivity index (χ0) is 11.0. The number of ether oxygens (including phenoxy) is 1. The molecule has 1 aliphatic carbocycles. The van der Waals surface area contributed by atoms with Gasteiger partial charge in [-0.25, -0.2) is 0 Å². The summed E-state index contributed by atoms with van der Waals surface area (Å²) in [4.78, 5) is 2.64. The molecule has 0 spiro atoms. The summed E-state index contributed by atoms with van der Waals surface area (Å²) in [5, 5.41) is 0. The van der Waals surface area contributed by atoms with Gasteiger partial charge in [0.1, 0.15) is 0 Å². The molecule has 2 bridgehead atoms. The van der Waals surface area contributed by atoms with E-state index in [9.17, 15) is 0 Å². The summed E-state index contributed by atoms with van der Waals surface area (Å²) in [5.74, 6) is 0.863. The molecule has 3 aliphatic rings. The van der Waals surface area contributed by atoms with Crippen molar-refractivity contribution in [1.29, 1.82) is 0 Å². The lowest BCUT2D eigenvalue weighted by atomic mass is 9.96. The molecule has 0 aromatic carbocycles. The molecule has 2 heterocycles. The lowest BCUT2D eigenvalue weighted by Crippen LogP contribution is -2.53. The molecule has 0 aromatic heterocycles. The zero-order valence-corrected chi connectivity index (χ0v) is 10.1. The average molecular weight is 224 g/mol. The molecule has 3 atom stereocenters. The Bertz CT molecular complexity index is 228. The van der Waals surface area contributed by atoms with Gasteiger partial charge in [-0.1, -0.05) is 12.8 Å². The molecule has 3 nitrogen and oxygen atoms in total. The number of nitrogens with zero attached hydrogens (tertiary/aromatic N) is 1.